The van der Waals surface area contributed by atoms with Crippen LogP contribution in [0.2, 0.25) is 0 Å². The van der Waals surface area contributed by atoms with Gasteiger partial charge in [-0.15, -0.1) is 0 Å². The highest BCUT2D eigenvalue weighted by molar-refractivity contribution is 4.78. The Bertz CT molecular complexity index is 114. The standard InChI is InChI=1S/C9H18O2/c1-2-3-7-6-8(10)4-5-9(7)11/h7-11H,2-6H2,1H3. The van der Waals surface area contributed by atoms with E-state index in [9.17, 15) is 10.2 Å². The van der Waals surface area contributed by atoms with Crippen molar-refractivity contribution >= 4 is 0 Å². The number of hydrogen-bond donors (Lipinski definition) is 2. The predicted octanol–water partition coefficient (Wildman–Crippen LogP) is 1.31. The SMILES string of the molecule is CCCC1CC(O)CCC1O. The van der Waals surface area contributed by atoms with Crippen molar-refractivity contribution in [2.24, 2.45) is 5.92 Å². The molecule has 0 aliphatic heterocycles. The smallest absolute Gasteiger partial charge is 0.0570 e. The van der Waals surface area contributed by atoms with Crippen LogP contribution in [0.25, 0.3) is 0 Å². The summed E-state index contributed by atoms with van der Waals surface area (Å²) in [5.41, 5.74) is 0. The Morgan fingerprint density at radius 2 is 2.00 bits per heavy atom. The maximum atomic E-state index is 9.51. The van der Waals surface area contributed by atoms with E-state index in [1.807, 2.05) is 0 Å². The largest absolute Gasteiger partial charge is 0.393 e. The molecule has 3 atom stereocenters. The van der Waals surface area contributed by atoms with Crippen LogP contribution in [0.4, 0.5) is 0 Å². The van der Waals surface area contributed by atoms with E-state index in [4.69, 9.17) is 0 Å². The van der Waals surface area contributed by atoms with Gasteiger partial charge in [0, 0.05) is 0 Å². The van der Waals surface area contributed by atoms with Gasteiger partial charge in [-0.25, -0.2) is 0 Å². The quantitative estimate of drug-likeness (QED) is 0.636. The van der Waals surface area contributed by atoms with Gasteiger partial charge in [0.25, 0.3) is 0 Å². The Labute approximate surface area is 68.2 Å². The van der Waals surface area contributed by atoms with Crippen LogP contribution in [-0.4, -0.2) is 22.4 Å². The van der Waals surface area contributed by atoms with Crippen LogP contribution in [0.3, 0.4) is 0 Å². The molecule has 2 N–H and O–H groups in total. The highest BCUT2D eigenvalue weighted by Gasteiger charge is 2.26. The minimum Gasteiger partial charge on any atom is -0.393 e. The molecule has 1 aliphatic carbocycles. The average Bonchev–Trinajstić information content (AvgIpc) is 1.98. The molecular formula is C9H18O2. The molecule has 0 spiro atoms. The normalized spacial score (nSPS) is 39.0. The number of aliphatic hydroxyl groups excluding tert-OH is 2. The second kappa shape index (κ2) is 4.07. The molecule has 2 heteroatoms. The molecule has 0 radical (unpaired) electrons. The third-order valence-corrected chi connectivity index (χ3v) is 2.57. The van der Waals surface area contributed by atoms with E-state index in [0.29, 0.717) is 5.92 Å². The van der Waals surface area contributed by atoms with Crippen molar-refractivity contribution in [3.8, 4) is 0 Å². The molecule has 1 rings (SSSR count). The number of rotatable bonds is 2. The summed E-state index contributed by atoms with van der Waals surface area (Å²) >= 11 is 0. The number of hydrogen-bond acceptors (Lipinski definition) is 2. The van der Waals surface area contributed by atoms with E-state index < -0.39 is 0 Å². The maximum Gasteiger partial charge on any atom is 0.0570 e. The van der Waals surface area contributed by atoms with Gasteiger partial charge >= 0.3 is 0 Å². The van der Waals surface area contributed by atoms with E-state index in [2.05, 4.69) is 6.92 Å². The molecule has 3 unspecified atom stereocenters. The van der Waals surface area contributed by atoms with Crippen LogP contribution in [0, 0.1) is 5.92 Å². The monoisotopic (exact) mass is 158 g/mol. The fourth-order valence-electron chi connectivity index (χ4n) is 1.90. The van der Waals surface area contributed by atoms with Crippen molar-refractivity contribution in [2.45, 2.75) is 51.2 Å². The van der Waals surface area contributed by atoms with Crippen molar-refractivity contribution in [3.05, 3.63) is 0 Å². The van der Waals surface area contributed by atoms with Crippen LogP contribution in [-0.2, 0) is 0 Å². The van der Waals surface area contributed by atoms with Crippen LogP contribution in [0.15, 0.2) is 0 Å². The molecule has 0 heterocycles. The van der Waals surface area contributed by atoms with Crippen LogP contribution >= 0.6 is 0 Å². The summed E-state index contributed by atoms with van der Waals surface area (Å²) in [6, 6.07) is 0. The third-order valence-electron chi connectivity index (χ3n) is 2.57. The zero-order valence-electron chi connectivity index (χ0n) is 7.16. The minimum absolute atomic E-state index is 0.154. The zero-order chi connectivity index (χ0) is 8.27. The zero-order valence-corrected chi connectivity index (χ0v) is 7.16. The van der Waals surface area contributed by atoms with E-state index in [-0.39, 0.29) is 12.2 Å². The van der Waals surface area contributed by atoms with Gasteiger partial charge in [-0.2, -0.15) is 0 Å². The van der Waals surface area contributed by atoms with Crippen molar-refractivity contribution in [1.29, 1.82) is 0 Å². The molecule has 0 amide bonds. The van der Waals surface area contributed by atoms with E-state index in [1.165, 1.54) is 0 Å². The molecule has 0 aromatic rings. The first-order valence-corrected chi connectivity index (χ1v) is 4.60. The topological polar surface area (TPSA) is 40.5 Å². The summed E-state index contributed by atoms with van der Waals surface area (Å²) in [5, 5.41) is 18.8. The Balaban J connectivity index is 2.34. The van der Waals surface area contributed by atoms with Gasteiger partial charge in [0.1, 0.15) is 0 Å². The first kappa shape index (κ1) is 9.01. The molecule has 0 bridgehead atoms. The molecule has 0 aromatic heterocycles. The van der Waals surface area contributed by atoms with Gasteiger partial charge in [-0.3, -0.25) is 0 Å². The first-order valence-electron chi connectivity index (χ1n) is 4.60. The molecular weight excluding hydrogens is 140 g/mol. The summed E-state index contributed by atoms with van der Waals surface area (Å²) in [7, 11) is 0. The molecule has 66 valence electrons. The Kier molecular flexibility index (Phi) is 3.34. The molecule has 0 saturated heterocycles. The second-order valence-corrected chi connectivity index (χ2v) is 3.58. The van der Waals surface area contributed by atoms with Crippen molar-refractivity contribution in [2.75, 3.05) is 0 Å². The average molecular weight is 158 g/mol. The second-order valence-electron chi connectivity index (χ2n) is 3.58. The minimum atomic E-state index is -0.157. The maximum absolute atomic E-state index is 9.51. The lowest BCUT2D eigenvalue weighted by Gasteiger charge is -2.30. The third kappa shape index (κ3) is 2.46. The highest BCUT2D eigenvalue weighted by Crippen LogP contribution is 2.27. The van der Waals surface area contributed by atoms with Crippen LogP contribution in [0.1, 0.15) is 39.0 Å². The predicted molar refractivity (Wildman–Crippen MR) is 44.3 cm³/mol. The molecule has 2 nitrogen and oxygen atoms in total. The van der Waals surface area contributed by atoms with E-state index >= 15 is 0 Å². The lowest BCUT2D eigenvalue weighted by atomic mass is 9.82. The molecule has 1 fully saturated rings. The van der Waals surface area contributed by atoms with Crippen molar-refractivity contribution in [3.63, 3.8) is 0 Å². The molecule has 0 aromatic carbocycles. The summed E-state index contributed by atoms with van der Waals surface area (Å²) in [6.07, 6.45) is 4.21. The van der Waals surface area contributed by atoms with Gasteiger partial charge in [0.15, 0.2) is 0 Å². The highest BCUT2D eigenvalue weighted by atomic mass is 16.3. The lowest BCUT2D eigenvalue weighted by molar-refractivity contribution is 0.00363. The number of aliphatic hydroxyl groups is 2. The summed E-state index contributed by atoms with van der Waals surface area (Å²) in [6.45, 7) is 2.12. The first-order chi connectivity index (χ1) is 5.24. The summed E-state index contributed by atoms with van der Waals surface area (Å²) in [4.78, 5) is 0. The lowest BCUT2D eigenvalue weighted by Crippen LogP contribution is -2.31. The molecule has 1 aliphatic rings. The molecule has 11 heavy (non-hydrogen) atoms. The van der Waals surface area contributed by atoms with Gasteiger partial charge in [0.05, 0.1) is 12.2 Å². The fraction of sp³-hybridized carbons (Fsp3) is 1.00. The van der Waals surface area contributed by atoms with E-state index in [1.54, 1.807) is 0 Å². The van der Waals surface area contributed by atoms with Gasteiger partial charge in [-0.05, 0) is 31.6 Å². The summed E-state index contributed by atoms with van der Waals surface area (Å²) in [5.74, 6) is 0.351. The summed E-state index contributed by atoms with van der Waals surface area (Å²) < 4.78 is 0. The Morgan fingerprint density at radius 1 is 1.27 bits per heavy atom. The Hall–Kier alpha value is -0.0800. The fourth-order valence-corrected chi connectivity index (χ4v) is 1.90. The van der Waals surface area contributed by atoms with E-state index in [0.717, 1.165) is 32.1 Å². The van der Waals surface area contributed by atoms with Crippen molar-refractivity contribution in [1.82, 2.24) is 0 Å². The van der Waals surface area contributed by atoms with Crippen molar-refractivity contribution < 1.29 is 10.2 Å². The van der Waals surface area contributed by atoms with Crippen LogP contribution in [0.5, 0.6) is 0 Å². The molecule has 1 saturated carbocycles. The van der Waals surface area contributed by atoms with Crippen LogP contribution < -0.4 is 0 Å². The van der Waals surface area contributed by atoms with Gasteiger partial charge in [0.2, 0.25) is 0 Å². The Morgan fingerprint density at radius 3 is 2.64 bits per heavy atom. The van der Waals surface area contributed by atoms with Gasteiger partial charge < -0.3 is 10.2 Å². The van der Waals surface area contributed by atoms with Gasteiger partial charge in [-0.1, -0.05) is 13.3 Å².